The fourth-order valence-corrected chi connectivity index (χ4v) is 2.22. The Hall–Kier alpha value is -0.120. The second-order valence-corrected chi connectivity index (χ2v) is 4.44. The lowest BCUT2D eigenvalue weighted by Gasteiger charge is -2.26. The first kappa shape index (κ1) is 12.9. The summed E-state index contributed by atoms with van der Waals surface area (Å²) < 4.78 is 5.59. The number of rotatable bonds is 5. The van der Waals surface area contributed by atoms with Crippen molar-refractivity contribution in [1.82, 2.24) is 10.2 Å². The van der Waals surface area contributed by atoms with Crippen molar-refractivity contribution in [2.75, 3.05) is 32.8 Å². The van der Waals surface area contributed by atoms with Crippen LogP contribution >= 0.6 is 0 Å². The number of nitrogens with one attached hydrogen (secondary N) is 1. The van der Waals surface area contributed by atoms with Crippen LogP contribution in [0.4, 0.5) is 0 Å². The van der Waals surface area contributed by atoms with Gasteiger partial charge in [-0.1, -0.05) is 6.92 Å². The lowest BCUT2D eigenvalue weighted by Crippen LogP contribution is -2.40. The Balaban J connectivity index is 2.31. The van der Waals surface area contributed by atoms with Crippen LogP contribution in [0.25, 0.3) is 0 Å². The van der Waals surface area contributed by atoms with Crippen LogP contribution in [0, 0.1) is 0 Å². The van der Waals surface area contributed by atoms with E-state index in [0.29, 0.717) is 12.1 Å². The summed E-state index contributed by atoms with van der Waals surface area (Å²) in [6.07, 6.45) is 2.85. The molecule has 1 saturated heterocycles. The van der Waals surface area contributed by atoms with Gasteiger partial charge >= 0.3 is 0 Å². The van der Waals surface area contributed by atoms with Gasteiger partial charge in [-0.2, -0.15) is 0 Å². The molecule has 2 unspecified atom stereocenters. The molecule has 1 heterocycles. The fourth-order valence-electron chi connectivity index (χ4n) is 2.22. The fraction of sp³-hybridized carbons (Fsp3) is 1.00. The predicted octanol–water partition coefficient (Wildman–Crippen LogP) is 1.49. The Bertz CT molecular complexity index is 164. The van der Waals surface area contributed by atoms with Crippen molar-refractivity contribution in [3.8, 4) is 0 Å². The molecule has 3 heteroatoms. The zero-order valence-electron chi connectivity index (χ0n) is 10.5. The molecule has 0 aromatic carbocycles. The van der Waals surface area contributed by atoms with E-state index in [1.54, 1.807) is 0 Å². The summed E-state index contributed by atoms with van der Waals surface area (Å²) in [5, 5.41) is 3.58. The van der Waals surface area contributed by atoms with E-state index in [1.807, 2.05) is 0 Å². The van der Waals surface area contributed by atoms with Gasteiger partial charge in [0.2, 0.25) is 0 Å². The minimum absolute atomic E-state index is 0.366. The predicted molar refractivity (Wildman–Crippen MR) is 64.2 cm³/mol. The molecule has 0 radical (unpaired) electrons. The maximum atomic E-state index is 5.59. The van der Waals surface area contributed by atoms with Gasteiger partial charge in [0.1, 0.15) is 0 Å². The van der Waals surface area contributed by atoms with E-state index in [0.717, 1.165) is 19.7 Å². The number of hydrogen-bond donors (Lipinski definition) is 1. The van der Waals surface area contributed by atoms with Gasteiger partial charge in [-0.15, -0.1) is 0 Å². The first-order chi connectivity index (χ1) is 7.26. The average molecular weight is 214 g/mol. The maximum absolute atomic E-state index is 5.59. The Morgan fingerprint density at radius 3 is 2.93 bits per heavy atom. The quantitative estimate of drug-likeness (QED) is 0.750. The molecule has 0 aromatic heterocycles. The van der Waals surface area contributed by atoms with E-state index in [4.69, 9.17) is 4.74 Å². The van der Waals surface area contributed by atoms with E-state index in [9.17, 15) is 0 Å². The van der Waals surface area contributed by atoms with Crippen LogP contribution in [0.1, 0.15) is 33.6 Å². The molecular weight excluding hydrogens is 188 g/mol. The van der Waals surface area contributed by atoms with Gasteiger partial charge in [-0.3, -0.25) is 4.90 Å². The molecule has 15 heavy (non-hydrogen) atoms. The van der Waals surface area contributed by atoms with Crippen molar-refractivity contribution < 1.29 is 4.74 Å². The van der Waals surface area contributed by atoms with Crippen LogP contribution in [0.3, 0.4) is 0 Å². The number of ether oxygens (including phenoxy) is 1. The minimum Gasteiger partial charge on any atom is -0.377 e. The Labute approximate surface area is 94.2 Å². The molecule has 0 aliphatic carbocycles. The standard InChI is InChI=1S/C12H26N2O/c1-4-12-10-14(8-6-7-13-12)9-11(3)15-5-2/h11-13H,4-10H2,1-3H3. The molecule has 0 spiro atoms. The van der Waals surface area contributed by atoms with Crippen molar-refractivity contribution in [3.05, 3.63) is 0 Å². The molecule has 0 saturated carbocycles. The third kappa shape index (κ3) is 4.96. The van der Waals surface area contributed by atoms with Gasteiger partial charge < -0.3 is 10.1 Å². The van der Waals surface area contributed by atoms with Crippen LogP contribution in [0.5, 0.6) is 0 Å². The third-order valence-electron chi connectivity index (χ3n) is 3.02. The summed E-state index contributed by atoms with van der Waals surface area (Å²) in [4.78, 5) is 2.54. The largest absolute Gasteiger partial charge is 0.377 e. The molecular formula is C12H26N2O. The van der Waals surface area contributed by atoms with Crippen molar-refractivity contribution in [2.24, 2.45) is 0 Å². The van der Waals surface area contributed by atoms with Crippen molar-refractivity contribution in [2.45, 2.75) is 45.8 Å². The van der Waals surface area contributed by atoms with Crippen molar-refractivity contribution in [1.29, 1.82) is 0 Å². The summed E-state index contributed by atoms with van der Waals surface area (Å²) in [5.74, 6) is 0. The van der Waals surface area contributed by atoms with Crippen LogP contribution in [-0.4, -0.2) is 49.8 Å². The summed E-state index contributed by atoms with van der Waals surface area (Å²) >= 11 is 0. The molecule has 90 valence electrons. The first-order valence-corrected chi connectivity index (χ1v) is 6.33. The zero-order valence-corrected chi connectivity index (χ0v) is 10.5. The van der Waals surface area contributed by atoms with Gasteiger partial charge in [-0.25, -0.2) is 0 Å². The van der Waals surface area contributed by atoms with Gasteiger partial charge in [0.25, 0.3) is 0 Å². The summed E-state index contributed by atoms with van der Waals surface area (Å²) in [5.41, 5.74) is 0. The molecule has 0 aromatic rings. The second kappa shape index (κ2) is 7.20. The van der Waals surface area contributed by atoms with Crippen LogP contribution in [-0.2, 0) is 4.74 Å². The summed E-state index contributed by atoms with van der Waals surface area (Å²) in [6.45, 7) is 11.9. The molecule has 3 nitrogen and oxygen atoms in total. The molecule has 1 aliphatic heterocycles. The highest BCUT2D eigenvalue weighted by Gasteiger charge is 2.17. The van der Waals surface area contributed by atoms with Crippen molar-refractivity contribution >= 4 is 0 Å². The lowest BCUT2D eigenvalue weighted by molar-refractivity contribution is 0.0452. The van der Waals surface area contributed by atoms with E-state index in [2.05, 4.69) is 31.0 Å². The van der Waals surface area contributed by atoms with Crippen LogP contribution in [0.2, 0.25) is 0 Å². The number of hydrogen-bond acceptors (Lipinski definition) is 3. The van der Waals surface area contributed by atoms with E-state index < -0.39 is 0 Å². The third-order valence-corrected chi connectivity index (χ3v) is 3.02. The molecule has 1 rings (SSSR count). The van der Waals surface area contributed by atoms with Gasteiger partial charge in [0.15, 0.2) is 0 Å². The van der Waals surface area contributed by atoms with Gasteiger partial charge in [0.05, 0.1) is 6.10 Å². The molecule has 0 amide bonds. The van der Waals surface area contributed by atoms with E-state index in [-0.39, 0.29) is 0 Å². The Kier molecular flexibility index (Phi) is 6.22. The first-order valence-electron chi connectivity index (χ1n) is 6.33. The van der Waals surface area contributed by atoms with E-state index in [1.165, 1.54) is 25.9 Å². The smallest absolute Gasteiger partial charge is 0.0673 e. The molecule has 1 fully saturated rings. The summed E-state index contributed by atoms with van der Waals surface area (Å²) in [6, 6.07) is 0.668. The topological polar surface area (TPSA) is 24.5 Å². The highest BCUT2D eigenvalue weighted by atomic mass is 16.5. The molecule has 2 atom stereocenters. The minimum atomic E-state index is 0.366. The Morgan fingerprint density at radius 1 is 1.47 bits per heavy atom. The molecule has 1 aliphatic rings. The van der Waals surface area contributed by atoms with Crippen LogP contribution in [0.15, 0.2) is 0 Å². The van der Waals surface area contributed by atoms with Gasteiger partial charge in [-0.05, 0) is 39.8 Å². The molecule has 1 N–H and O–H groups in total. The highest BCUT2D eigenvalue weighted by Crippen LogP contribution is 2.05. The summed E-state index contributed by atoms with van der Waals surface area (Å²) in [7, 11) is 0. The van der Waals surface area contributed by atoms with Crippen molar-refractivity contribution in [3.63, 3.8) is 0 Å². The highest BCUT2D eigenvalue weighted by molar-refractivity contribution is 4.76. The zero-order chi connectivity index (χ0) is 11.1. The number of nitrogens with zero attached hydrogens (tertiary/aromatic N) is 1. The SMILES string of the molecule is CCOC(C)CN1CCCNC(CC)C1. The van der Waals surface area contributed by atoms with E-state index >= 15 is 0 Å². The Morgan fingerprint density at radius 2 is 2.27 bits per heavy atom. The maximum Gasteiger partial charge on any atom is 0.0673 e. The average Bonchev–Trinajstić information content (AvgIpc) is 2.43. The normalized spacial score (nSPS) is 26.2. The molecule has 0 bridgehead atoms. The van der Waals surface area contributed by atoms with Gasteiger partial charge in [0, 0.05) is 25.7 Å². The lowest BCUT2D eigenvalue weighted by atomic mass is 10.2. The second-order valence-electron chi connectivity index (χ2n) is 4.44. The van der Waals surface area contributed by atoms with Crippen LogP contribution < -0.4 is 5.32 Å². The monoisotopic (exact) mass is 214 g/mol.